The summed E-state index contributed by atoms with van der Waals surface area (Å²) < 4.78 is 5.45. The molecule has 2 rings (SSSR count). The van der Waals surface area contributed by atoms with Crippen molar-refractivity contribution in [2.24, 2.45) is 0 Å². The lowest BCUT2D eigenvalue weighted by molar-refractivity contribution is 0.0454. The number of carbonyl (C=O) groups excluding carboxylic acids is 1. The van der Waals surface area contributed by atoms with Gasteiger partial charge < -0.3 is 24.8 Å². The fraction of sp³-hybridized carbons (Fsp3) is 0.353. The SMILES string of the molecule is Cc1nc(C(=O)N(CCO)C[C@@H](O)COc2ccccc2)cc(=O)[nH]1. The standard InChI is InChI=1S/C17H21N3O5/c1-12-18-15(9-16(23)19-12)17(24)20(7-8-21)10-13(22)11-25-14-5-3-2-4-6-14/h2-6,9,13,21-22H,7-8,10-11H2,1H3,(H,18,19,23)/t13-/m1/s1. The van der Waals surface area contributed by atoms with Crippen molar-refractivity contribution in [3.05, 3.63) is 58.3 Å². The zero-order valence-corrected chi connectivity index (χ0v) is 13.9. The molecule has 1 atom stereocenters. The van der Waals surface area contributed by atoms with Crippen molar-refractivity contribution in [1.29, 1.82) is 0 Å². The molecule has 1 aromatic carbocycles. The summed E-state index contributed by atoms with van der Waals surface area (Å²) in [4.78, 5) is 31.7. The molecule has 0 aliphatic heterocycles. The number of para-hydroxylation sites is 1. The highest BCUT2D eigenvalue weighted by atomic mass is 16.5. The Balaban J connectivity index is 2.01. The first-order chi connectivity index (χ1) is 12.0. The summed E-state index contributed by atoms with van der Waals surface area (Å²) in [5.41, 5.74) is -0.473. The first kappa shape index (κ1) is 18.6. The molecule has 134 valence electrons. The smallest absolute Gasteiger partial charge is 0.272 e. The van der Waals surface area contributed by atoms with E-state index in [1.54, 1.807) is 19.1 Å². The predicted molar refractivity (Wildman–Crippen MR) is 90.5 cm³/mol. The molecule has 0 unspecified atom stereocenters. The average Bonchev–Trinajstić information content (AvgIpc) is 2.59. The molecule has 0 aliphatic carbocycles. The molecule has 8 heteroatoms. The fourth-order valence-electron chi connectivity index (χ4n) is 2.26. The Morgan fingerprint density at radius 2 is 2.08 bits per heavy atom. The second-order valence-electron chi connectivity index (χ2n) is 5.47. The average molecular weight is 347 g/mol. The van der Waals surface area contributed by atoms with Crippen LogP contribution in [0.25, 0.3) is 0 Å². The van der Waals surface area contributed by atoms with Gasteiger partial charge >= 0.3 is 0 Å². The van der Waals surface area contributed by atoms with E-state index in [1.165, 1.54) is 4.90 Å². The van der Waals surface area contributed by atoms with Crippen LogP contribution in [0.1, 0.15) is 16.3 Å². The number of amides is 1. The third-order valence-electron chi connectivity index (χ3n) is 3.35. The third-order valence-corrected chi connectivity index (χ3v) is 3.35. The lowest BCUT2D eigenvalue weighted by atomic mass is 10.2. The van der Waals surface area contributed by atoms with E-state index in [1.807, 2.05) is 18.2 Å². The Morgan fingerprint density at radius 3 is 2.72 bits per heavy atom. The molecule has 2 aromatic rings. The lowest BCUT2D eigenvalue weighted by Gasteiger charge is -2.24. The zero-order chi connectivity index (χ0) is 18.2. The summed E-state index contributed by atoms with van der Waals surface area (Å²) in [6.07, 6.45) is -0.959. The second-order valence-corrected chi connectivity index (χ2v) is 5.47. The third kappa shape index (κ3) is 5.70. The highest BCUT2D eigenvalue weighted by molar-refractivity contribution is 5.92. The number of carbonyl (C=O) groups is 1. The van der Waals surface area contributed by atoms with Crippen molar-refractivity contribution in [1.82, 2.24) is 14.9 Å². The van der Waals surface area contributed by atoms with E-state index >= 15 is 0 Å². The molecule has 1 amide bonds. The molecule has 0 radical (unpaired) electrons. The van der Waals surface area contributed by atoms with Gasteiger partial charge in [-0.15, -0.1) is 0 Å². The summed E-state index contributed by atoms with van der Waals surface area (Å²) in [5, 5.41) is 19.3. The Hall–Kier alpha value is -2.71. The first-order valence-electron chi connectivity index (χ1n) is 7.83. The van der Waals surface area contributed by atoms with Gasteiger partial charge in [0.15, 0.2) is 0 Å². The van der Waals surface area contributed by atoms with Crippen molar-refractivity contribution >= 4 is 5.91 Å². The number of benzene rings is 1. The van der Waals surface area contributed by atoms with Crippen LogP contribution in [-0.4, -0.2) is 63.4 Å². The highest BCUT2D eigenvalue weighted by Crippen LogP contribution is 2.09. The topological polar surface area (TPSA) is 116 Å². The van der Waals surface area contributed by atoms with Gasteiger partial charge in [0.25, 0.3) is 11.5 Å². The minimum atomic E-state index is -0.959. The minimum absolute atomic E-state index is 0.00869. The van der Waals surface area contributed by atoms with Crippen molar-refractivity contribution < 1.29 is 19.7 Å². The highest BCUT2D eigenvalue weighted by Gasteiger charge is 2.21. The summed E-state index contributed by atoms with van der Waals surface area (Å²) in [6.45, 7) is 1.23. The van der Waals surface area contributed by atoms with Gasteiger partial charge in [-0.05, 0) is 19.1 Å². The number of aryl methyl sites for hydroxylation is 1. The van der Waals surface area contributed by atoms with Gasteiger partial charge in [0.05, 0.1) is 13.2 Å². The van der Waals surface area contributed by atoms with Crippen LogP contribution in [0, 0.1) is 6.92 Å². The lowest BCUT2D eigenvalue weighted by Crippen LogP contribution is -2.42. The van der Waals surface area contributed by atoms with E-state index in [0.717, 1.165) is 6.07 Å². The Morgan fingerprint density at radius 1 is 1.36 bits per heavy atom. The first-order valence-corrected chi connectivity index (χ1v) is 7.83. The molecule has 25 heavy (non-hydrogen) atoms. The van der Waals surface area contributed by atoms with E-state index in [4.69, 9.17) is 9.84 Å². The Bertz CT molecular complexity index is 747. The van der Waals surface area contributed by atoms with Crippen LogP contribution in [0.15, 0.2) is 41.2 Å². The van der Waals surface area contributed by atoms with E-state index in [0.29, 0.717) is 11.6 Å². The molecule has 3 N–H and O–H groups in total. The number of hydrogen-bond acceptors (Lipinski definition) is 6. The molecule has 0 saturated carbocycles. The van der Waals surface area contributed by atoms with Crippen LogP contribution in [0.3, 0.4) is 0 Å². The maximum absolute atomic E-state index is 12.5. The van der Waals surface area contributed by atoms with Crippen LogP contribution >= 0.6 is 0 Å². The molecule has 0 saturated heterocycles. The number of H-pyrrole nitrogens is 1. The van der Waals surface area contributed by atoms with E-state index < -0.39 is 17.6 Å². The van der Waals surface area contributed by atoms with Crippen molar-refractivity contribution in [3.8, 4) is 5.75 Å². The second kappa shape index (κ2) is 8.95. The number of rotatable bonds is 8. The maximum Gasteiger partial charge on any atom is 0.272 e. The van der Waals surface area contributed by atoms with Gasteiger partial charge in [0.1, 0.15) is 30.0 Å². The van der Waals surface area contributed by atoms with Crippen LogP contribution < -0.4 is 10.3 Å². The molecule has 1 heterocycles. The fourth-order valence-corrected chi connectivity index (χ4v) is 2.26. The summed E-state index contributed by atoms with van der Waals surface area (Å²) in [6, 6.07) is 10.1. The van der Waals surface area contributed by atoms with E-state index in [-0.39, 0.29) is 32.0 Å². The van der Waals surface area contributed by atoms with E-state index in [2.05, 4.69) is 9.97 Å². The largest absolute Gasteiger partial charge is 0.491 e. The van der Waals surface area contributed by atoms with Crippen LogP contribution in [0.4, 0.5) is 0 Å². The molecular formula is C17H21N3O5. The number of hydrogen-bond donors (Lipinski definition) is 3. The van der Waals surface area contributed by atoms with Crippen LogP contribution in [0.5, 0.6) is 5.75 Å². The number of aromatic amines is 1. The van der Waals surface area contributed by atoms with Gasteiger partial charge in [0.2, 0.25) is 0 Å². The Kier molecular flexibility index (Phi) is 6.67. The molecule has 0 fully saturated rings. The maximum atomic E-state index is 12.5. The van der Waals surface area contributed by atoms with Gasteiger partial charge in [-0.1, -0.05) is 18.2 Å². The van der Waals surface area contributed by atoms with Gasteiger partial charge in [-0.2, -0.15) is 0 Å². The Labute approximate surface area is 144 Å². The summed E-state index contributed by atoms with van der Waals surface area (Å²) >= 11 is 0. The number of nitrogens with one attached hydrogen (secondary N) is 1. The molecule has 1 aromatic heterocycles. The molecular weight excluding hydrogens is 326 g/mol. The van der Waals surface area contributed by atoms with Crippen molar-refractivity contribution in [3.63, 3.8) is 0 Å². The molecule has 8 nitrogen and oxygen atoms in total. The zero-order valence-electron chi connectivity index (χ0n) is 13.9. The monoisotopic (exact) mass is 347 g/mol. The number of aliphatic hydroxyl groups excluding tert-OH is 2. The summed E-state index contributed by atoms with van der Waals surface area (Å²) in [5.74, 6) is 0.378. The minimum Gasteiger partial charge on any atom is -0.491 e. The van der Waals surface area contributed by atoms with Crippen LogP contribution in [-0.2, 0) is 0 Å². The molecule has 0 bridgehead atoms. The van der Waals surface area contributed by atoms with Crippen LogP contribution in [0.2, 0.25) is 0 Å². The van der Waals surface area contributed by atoms with Crippen molar-refractivity contribution in [2.45, 2.75) is 13.0 Å². The van der Waals surface area contributed by atoms with Gasteiger partial charge in [0, 0.05) is 12.6 Å². The normalized spacial score (nSPS) is 11.8. The summed E-state index contributed by atoms with van der Waals surface area (Å²) in [7, 11) is 0. The number of aromatic nitrogens is 2. The van der Waals surface area contributed by atoms with Crippen molar-refractivity contribution in [2.75, 3.05) is 26.3 Å². The van der Waals surface area contributed by atoms with Gasteiger partial charge in [-0.25, -0.2) is 4.98 Å². The quantitative estimate of drug-likeness (QED) is 0.617. The number of nitrogens with zero attached hydrogens (tertiary/aromatic N) is 2. The molecule has 0 aliphatic rings. The predicted octanol–water partition coefficient (Wildman–Crippen LogP) is -0.0473. The van der Waals surface area contributed by atoms with Gasteiger partial charge in [-0.3, -0.25) is 9.59 Å². The van der Waals surface area contributed by atoms with E-state index in [9.17, 15) is 14.7 Å². The number of aliphatic hydroxyl groups is 2. The molecule has 0 spiro atoms. The number of ether oxygens (including phenoxy) is 1.